The molecule has 1 N–H and O–H groups in total. The van der Waals surface area contributed by atoms with Crippen LogP contribution in [0.4, 0.5) is 5.69 Å². The van der Waals surface area contributed by atoms with E-state index in [1.54, 1.807) is 25.6 Å². The van der Waals surface area contributed by atoms with Crippen molar-refractivity contribution in [3.8, 4) is 11.5 Å². The highest BCUT2D eigenvalue weighted by Gasteiger charge is 2.32. The number of benzene rings is 2. The van der Waals surface area contributed by atoms with Gasteiger partial charge in [-0.15, -0.1) is 11.3 Å². The number of carbonyl (C=O) groups is 1. The molecule has 1 amide bonds. The summed E-state index contributed by atoms with van der Waals surface area (Å²) in [5, 5.41) is 5.09. The normalized spacial score (nSPS) is 16.0. The summed E-state index contributed by atoms with van der Waals surface area (Å²) < 4.78 is 11.9. The van der Waals surface area contributed by atoms with E-state index in [-0.39, 0.29) is 11.9 Å². The van der Waals surface area contributed by atoms with Crippen LogP contribution in [0.1, 0.15) is 22.0 Å². The van der Waals surface area contributed by atoms with Crippen LogP contribution in [0, 0.1) is 0 Å². The van der Waals surface area contributed by atoms with Crippen molar-refractivity contribution in [1.29, 1.82) is 0 Å². The number of carbonyl (C=O) groups excluding carboxylic acids is 1. The zero-order valence-electron chi connectivity index (χ0n) is 16.9. The van der Waals surface area contributed by atoms with Crippen LogP contribution in [0.25, 0.3) is 0 Å². The number of para-hydroxylation sites is 1. The van der Waals surface area contributed by atoms with Crippen LogP contribution in [0.15, 0.2) is 58.4 Å². The number of rotatable bonds is 6. The average Bonchev–Trinajstić information content (AvgIpc) is 3.28. The molecule has 1 aromatic heterocycles. The van der Waals surface area contributed by atoms with Gasteiger partial charge in [0.25, 0.3) is 0 Å². The predicted octanol–water partition coefficient (Wildman–Crippen LogP) is 5.11. The summed E-state index contributed by atoms with van der Waals surface area (Å²) in [5.74, 6) is 1.41. The van der Waals surface area contributed by atoms with Crippen molar-refractivity contribution in [1.82, 2.24) is 4.90 Å². The molecule has 1 aliphatic heterocycles. The van der Waals surface area contributed by atoms with E-state index in [0.717, 1.165) is 34.4 Å². The first kappa shape index (κ1) is 20.9. The summed E-state index contributed by atoms with van der Waals surface area (Å²) in [6, 6.07) is 15.9. The third-order valence-corrected chi connectivity index (χ3v) is 6.90. The second-order valence-electron chi connectivity index (χ2n) is 7.07. The first-order valence-electron chi connectivity index (χ1n) is 9.67. The lowest BCUT2D eigenvalue weighted by Gasteiger charge is -2.37. The standard InChI is InChI=1S/C23H23BrN2O3S/c1-28-19-12-15-9-10-26(14-22(27)25-18-7-4-3-6-17(18)24)23(21-8-5-11-30-21)16(15)13-20(19)29-2/h3-8,11-13,23H,9-10,14H2,1-2H3,(H,25,27)/t23-/m1/s1. The van der Waals surface area contributed by atoms with Crippen LogP contribution in [0.5, 0.6) is 11.5 Å². The van der Waals surface area contributed by atoms with Gasteiger partial charge in [0.15, 0.2) is 11.5 Å². The Hall–Kier alpha value is -2.35. The lowest BCUT2D eigenvalue weighted by atomic mass is 9.91. The third kappa shape index (κ3) is 4.24. The van der Waals surface area contributed by atoms with Crippen molar-refractivity contribution in [3.05, 3.63) is 74.4 Å². The molecule has 30 heavy (non-hydrogen) atoms. The summed E-state index contributed by atoms with van der Waals surface area (Å²) in [6.45, 7) is 1.09. The Morgan fingerprint density at radius 3 is 2.63 bits per heavy atom. The number of fused-ring (bicyclic) bond motifs is 1. The van der Waals surface area contributed by atoms with Gasteiger partial charge in [0.05, 0.1) is 32.5 Å². The lowest BCUT2D eigenvalue weighted by Crippen LogP contribution is -2.41. The summed E-state index contributed by atoms with van der Waals surface area (Å²) >= 11 is 5.19. The number of ether oxygens (including phenoxy) is 2. The lowest BCUT2D eigenvalue weighted by molar-refractivity contribution is -0.117. The summed E-state index contributed by atoms with van der Waals surface area (Å²) in [6.07, 6.45) is 0.847. The highest BCUT2D eigenvalue weighted by molar-refractivity contribution is 9.10. The monoisotopic (exact) mass is 486 g/mol. The first-order chi connectivity index (χ1) is 14.6. The maximum absolute atomic E-state index is 12.9. The van der Waals surface area contributed by atoms with Gasteiger partial charge in [-0.1, -0.05) is 18.2 Å². The van der Waals surface area contributed by atoms with Crippen LogP contribution in [0.3, 0.4) is 0 Å². The molecule has 7 heteroatoms. The second kappa shape index (κ2) is 9.20. The SMILES string of the molecule is COc1cc2c(cc1OC)[C@H](c1cccs1)N(CC(=O)Nc1ccccc1Br)CC2. The largest absolute Gasteiger partial charge is 0.493 e. The average molecular weight is 487 g/mol. The highest BCUT2D eigenvalue weighted by atomic mass is 79.9. The maximum Gasteiger partial charge on any atom is 0.238 e. The molecule has 156 valence electrons. The van der Waals surface area contributed by atoms with Crippen LogP contribution in [0.2, 0.25) is 0 Å². The Labute approximate surface area is 188 Å². The molecule has 0 spiro atoms. The molecule has 3 aromatic rings. The van der Waals surface area contributed by atoms with Crippen molar-refractivity contribution in [3.63, 3.8) is 0 Å². The van der Waals surface area contributed by atoms with Crippen molar-refractivity contribution < 1.29 is 14.3 Å². The molecule has 1 atom stereocenters. The van der Waals surface area contributed by atoms with Crippen LogP contribution in [-0.4, -0.2) is 38.1 Å². The van der Waals surface area contributed by atoms with Gasteiger partial charge >= 0.3 is 0 Å². The van der Waals surface area contributed by atoms with Crippen molar-refractivity contribution in [2.75, 3.05) is 32.6 Å². The molecule has 0 fully saturated rings. The number of thiophene rings is 1. The van der Waals surface area contributed by atoms with E-state index < -0.39 is 0 Å². The van der Waals surface area contributed by atoms with Gasteiger partial charge in [-0.2, -0.15) is 0 Å². The molecule has 0 saturated heterocycles. The van der Waals surface area contributed by atoms with E-state index >= 15 is 0 Å². The molecule has 4 rings (SSSR count). The zero-order valence-corrected chi connectivity index (χ0v) is 19.3. The van der Waals surface area contributed by atoms with E-state index in [2.05, 4.69) is 49.7 Å². The number of hydrogen-bond donors (Lipinski definition) is 1. The molecule has 0 radical (unpaired) electrons. The van der Waals surface area contributed by atoms with Gasteiger partial charge in [0.1, 0.15) is 0 Å². The van der Waals surface area contributed by atoms with Crippen LogP contribution >= 0.6 is 27.3 Å². The van der Waals surface area contributed by atoms with E-state index in [1.807, 2.05) is 30.3 Å². The number of nitrogens with one attached hydrogen (secondary N) is 1. The minimum atomic E-state index is -0.0348. The number of methoxy groups -OCH3 is 2. The number of halogens is 1. The highest BCUT2D eigenvalue weighted by Crippen LogP contribution is 2.42. The van der Waals surface area contributed by atoms with Crippen LogP contribution in [-0.2, 0) is 11.2 Å². The Morgan fingerprint density at radius 2 is 1.93 bits per heavy atom. The number of hydrogen-bond acceptors (Lipinski definition) is 5. The number of amides is 1. The Balaban J connectivity index is 1.64. The molecule has 2 heterocycles. The molecule has 5 nitrogen and oxygen atoms in total. The topological polar surface area (TPSA) is 50.8 Å². The molecule has 0 unspecified atom stereocenters. The third-order valence-electron chi connectivity index (χ3n) is 5.28. The van der Waals surface area contributed by atoms with Crippen molar-refractivity contribution in [2.45, 2.75) is 12.5 Å². The first-order valence-corrected chi connectivity index (χ1v) is 11.3. The molecule has 1 aliphatic rings. The quantitative estimate of drug-likeness (QED) is 0.525. The minimum absolute atomic E-state index is 0.00137. The second-order valence-corrected chi connectivity index (χ2v) is 8.91. The van der Waals surface area contributed by atoms with Gasteiger partial charge in [-0.05, 0) is 69.2 Å². The molecular weight excluding hydrogens is 464 g/mol. The molecular formula is C23H23BrN2O3S. The van der Waals surface area contributed by atoms with Gasteiger partial charge in [-0.3, -0.25) is 9.69 Å². The van der Waals surface area contributed by atoms with E-state index in [1.165, 1.54) is 10.4 Å². The Morgan fingerprint density at radius 1 is 1.17 bits per heavy atom. The molecule has 2 aromatic carbocycles. The maximum atomic E-state index is 12.9. The smallest absolute Gasteiger partial charge is 0.238 e. The van der Waals surface area contributed by atoms with Gasteiger partial charge < -0.3 is 14.8 Å². The fourth-order valence-corrected chi connectivity index (χ4v) is 5.15. The van der Waals surface area contributed by atoms with Crippen molar-refractivity contribution >= 4 is 38.9 Å². The number of anilines is 1. The minimum Gasteiger partial charge on any atom is -0.493 e. The van der Waals surface area contributed by atoms with E-state index in [0.29, 0.717) is 12.3 Å². The zero-order chi connectivity index (χ0) is 21.1. The fourth-order valence-electron chi connectivity index (χ4n) is 3.88. The molecule has 0 aliphatic carbocycles. The fraction of sp³-hybridized carbons (Fsp3) is 0.261. The van der Waals surface area contributed by atoms with E-state index in [4.69, 9.17) is 9.47 Å². The van der Waals surface area contributed by atoms with Gasteiger partial charge in [0, 0.05) is 15.9 Å². The van der Waals surface area contributed by atoms with Crippen LogP contribution < -0.4 is 14.8 Å². The Kier molecular flexibility index (Phi) is 6.41. The Bertz CT molecular complexity index is 1040. The molecule has 0 bridgehead atoms. The summed E-state index contributed by atoms with van der Waals surface area (Å²) in [7, 11) is 3.30. The van der Waals surface area contributed by atoms with Gasteiger partial charge in [-0.25, -0.2) is 0 Å². The van der Waals surface area contributed by atoms with Gasteiger partial charge in [0.2, 0.25) is 5.91 Å². The van der Waals surface area contributed by atoms with Crippen molar-refractivity contribution in [2.24, 2.45) is 0 Å². The molecule has 0 saturated carbocycles. The predicted molar refractivity (Wildman–Crippen MR) is 124 cm³/mol. The summed E-state index contributed by atoms with van der Waals surface area (Å²) in [4.78, 5) is 16.3. The number of nitrogens with zero attached hydrogens (tertiary/aromatic N) is 1. The summed E-state index contributed by atoms with van der Waals surface area (Å²) in [5.41, 5.74) is 3.17. The van der Waals surface area contributed by atoms with E-state index in [9.17, 15) is 4.79 Å².